The number of benzene rings is 1. The Kier molecular flexibility index (Phi) is 5.00. The largest absolute Gasteiger partial charge is 0.504 e. The number of fused-ring (bicyclic) bond motifs is 1. The molecule has 0 aliphatic carbocycles. The van der Waals surface area contributed by atoms with E-state index in [1.165, 1.54) is 0 Å². The maximum atomic E-state index is 13.3. The first-order chi connectivity index (χ1) is 15.2. The minimum absolute atomic E-state index is 0.152. The summed E-state index contributed by atoms with van der Waals surface area (Å²) in [7, 11) is 0. The molecule has 2 aliphatic rings. The normalized spacial score (nSPS) is 16.5. The van der Waals surface area contributed by atoms with Gasteiger partial charge in [0.15, 0.2) is 17.3 Å². The van der Waals surface area contributed by atoms with Crippen molar-refractivity contribution in [3.63, 3.8) is 0 Å². The Hall–Kier alpha value is -3.87. The van der Waals surface area contributed by atoms with Crippen LogP contribution in [-0.2, 0) is 0 Å². The van der Waals surface area contributed by atoms with Crippen molar-refractivity contribution in [1.82, 2.24) is 9.88 Å². The van der Waals surface area contributed by atoms with Crippen LogP contribution < -0.4 is 5.32 Å². The summed E-state index contributed by atoms with van der Waals surface area (Å²) >= 11 is 0. The number of piperidine rings is 1. The summed E-state index contributed by atoms with van der Waals surface area (Å²) in [5.41, 5.74) is 2.52. The van der Waals surface area contributed by atoms with Gasteiger partial charge in [0.05, 0.1) is 0 Å². The molecule has 0 atom stereocenters. The van der Waals surface area contributed by atoms with Crippen LogP contribution in [0.4, 0.5) is 17.4 Å². The maximum absolute atomic E-state index is 13.3. The van der Waals surface area contributed by atoms with Crippen LogP contribution in [0.25, 0.3) is 11.6 Å². The summed E-state index contributed by atoms with van der Waals surface area (Å²) in [6.07, 6.45) is 8.08. The van der Waals surface area contributed by atoms with E-state index < -0.39 is 0 Å². The number of para-hydroxylation sites is 1. The number of likely N-dealkylation sites (tertiary alicyclic amines) is 1. The van der Waals surface area contributed by atoms with Crippen LogP contribution in [0.15, 0.2) is 58.1 Å². The van der Waals surface area contributed by atoms with Gasteiger partial charge in [0, 0.05) is 42.3 Å². The number of amides is 1. The number of carbonyl (C=O) groups excluding carboxylic acids is 1. The molecule has 2 aromatic heterocycles. The predicted molar refractivity (Wildman–Crippen MR) is 120 cm³/mol. The van der Waals surface area contributed by atoms with Crippen molar-refractivity contribution in [1.29, 1.82) is 0 Å². The molecule has 0 spiro atoms. The van der Waals surface area contributed by atoms with Crippen molar-refractivity contribution in [3.05, 3.63) is 65.5 Å². The van der Waals surface area contributed by atoms with Crippen LogP contribution in [0.1, 0.15) is 40.9 Å². The van der Waals surface area contributed by atoms with Gasteiger partial charge >= 0.3 is 0 Å². The number of furan rings is 1. The lowest BCUT2D eigenvalue weighted by atomic mass is 10.1. The molecular formula is C24H22N4O3. The number of aromatic nitrogens is 1. The second-order valence-corrected chi connectivity index (χ2v) is 7.60. The molecular weight excluding hydrogens is 392 g/mol. The fourth-order valence-corrected chi connectivity index (χ4v) is 3.91. The zero-order chi connectivity index (χ0) is 21.2. The zero-order valence-corrected chi connectivity index (χ0v) is 16.9. The summed E-state index contributed by atoms with van der Waals surface area (Å²) in [4.78, 5) is 23.6. The molecule has 156 valence electrons. The lowest BCUT2D eigenvalue weighted by molar-refractivity contribution is 0.0722. The fourth-order valence-electron chi connectivity index (χ4n) is 3.91. The summed E-state index contributed by atoms with van der Waals surface area (Å²) in [5, 5.41) is 14.2. The molecule has 2 aliphatic heterocycles. The molecule has 1 aromatic carbocycles. The number of pyridine rings is 1. The van der Waals surface area contributed by atoms with Crippen LogP contribution in [0, 0.1) is 0 Å². The highest BCUT2D eigenvalue weighted by Gasteiger charge is 2.30. The Bertz CT molecular complexity index is 1170. The van der Waals surface area contributed by atoms with E-state index in [-0.39, 0.29) is 28.9 Å². The number of anilines is 2. The Morgan fingerprint density at radius 3 is 2.71 bits per heavy atom. The van der Waals surface area contributed by atoms with Gasteiger partial charge in [-0.05, 0) is 49.6 Å². The van der Waals surface area contributed by atoms with E-state index in [1.807, 2.05) is 42.5 Å². The molecule has 7 nitrogen and oxygen atoms in total. The van der Waals surface area contributed by atoms with Crippen molar-refractivity contribution in [2.75, 3.05) is 18.4 Å². The molecule has 1 amide bonds. The third kappa shape index (κ3) is 3.70. The molecule has 0 radical (unpaired) electrons. The van der Waals surface area contributed by atoms with Gasteiger partial charge in [-0.25, -0.2) is 9.98 Å². The lowest BCUT2D eigenvalue weighted by Gasteiger charge is -2.26. The molecule has 0 unspecified atom stereocenters. The SMILES string of the molecule is O=C(c1c(Nc2ccccc2)oc(C=C2C=Nc3ncccc32)c1O)N1CCCCC1. The highest BCUT2D eigenvalue weighted by atomic mass is 16.4. The Labute approximate surface area is 179 Å². The molecule has 5 rings (SSSR count). The van der Waals surface area contributed by atoms with Gasteiger partial charge in [0.25, 0.3) is 5.91 Å². The first kappa shape index (κ1) is 19.1. The molecule has 2 N–H and O–H groups in total. The van der Waals surface area contributed by atoms with Crippen molar-refractivity contribution in [2.24, 2.45) is 4.99 Å². The van der Waals surface area contributed by atoms with Crippen molar-refractivity contribution in [3.8, 4) is 5.75 Å². The van der Waals surface area contributed by atoms with Crippen LogP contribution in [0.3, 0.4) is 0 Å². The van der Waals surface area contributed by atoms with Gasteiger partial charge < -0.3 is 19.7 Å². The van der Waals surface area contributed by atoms with Gasteiger partial charge in [-0.15, -0.1) is 0 Å². The standard InChI is InChI=1S/C24H22N4O3/c29-21-19(14-16-15-26-22-18(16)10-7-11-25-22)31-23(27-17-8-3-1-4-9-17)20(21)24(30)28-12-5-2-6-13-28/h1,3-4,7-11,14-15,27,29H,2,5-6,12-13H2. The third-order valence-corrected chi connectivity index (χ3v) is 5.51. The number of rotatable bonds is 4. The van der Waals surface area contributed by atoms with Crippen LogP contribution in [0.5, 0.6) is 5.75 Å². The fraction of sp³-hybridized carbons (Fsp3) is 0.208. The van der Waals surface area contributed by atoms with E-state index in [1.54, 1.807) is 23.4 Å². The van der Waals surface area contributed by atoms with E-state index in [0.717, 1.165) is 36.1 Å². The minimum Gasteiger partial charge on any atom is -0.504 e. The monoisotopic (exact) mass is 414 g/mol. The van der Waals surface area contributed by atoms with E-state index in [2.05, 4.69) is 15.3 Å². The summed E-state index contributed by atoms with van der Waals surface area (Å²) in [6, 6.07) is 13.2. The average molecular weight is 414 g/mol. The van der Waals surface area contributed by atoms with Gasteiger partial charge in [-0.3, -0.25) is 4.79 Å². The molecule has 3 aromatic rings. The second-order valence-electron chi connectivity index (χ2n) is 7.60. The Morgan fingerprint density at radius 1 is 1.10 bits per heavy atom. The summed E-state index contributed by atoms with van der Waals surface area (Å²) in [6.45, 7) is 1.35. The van der Waals surface area contributed by atoms with Gasteiger partial charge in [-0.1, -0.05) is 18.2 Å². The number of carbonyl (C=O) groups is 1. The van der Waals surface area contributed by atoms with E-state index >= 15 is 0 Å². The average Bonchev–Trinajstić information content (AvgIpc) is 3.36. The van der Waals surface area contributed by atoms with E-state index in [4.69, 9.17) is 4.42 Å². The van der Waals surface area contributed by atoms with Crippen molar-refractivity contribution in [2.45, 2.75) is 19.3 Å². The van der Waals surface area contributed by atoms with Crippen molar-refractivity contribution >= 4 is 41.2 Å². The van der Waals surface area contributed by atoms with Gasteiger partial charge in [0.2, 0.25) is 5.88 Å². The molecule has 0 saturated carbocycles. The zero-order valence-electron chi connectivity index (χ0n) is 16.9. The molecule has 1 fully saturated rings. The Balaban J connectivity index is 1.56. The molecule has 4 heterocycles. The lowest BCUT2D eigenvalue weighted by Crippen LogP contribution is -2.35. The number of hydrogen-bond acceptors (Lipinski definition) is 6. The molecule has 0 bridgehead atoms. The number of nitrogens with zero attached hydrogens (tertiary/aromatic N) is 3. The first-order valence-corrected chi connectivity index (χ1v) is 10.4. The summed E-state index contributed by atoms with van der Waals surface area (Å²) in [5.74, 6) is 0.648. The quantitative estimate of drug-likeness (QED) is 0.626. The van der Waals surface area contributed by atoms with Crippen LogP contribution in [0.2, 0.25) is 0 Å². The number of hydrogen-bond donors (Lipinski definition) is 2. The third-order valence-electron chi connectivity index (χ3n) is 5.51. The van der Waals surface area contributed by atoms with Gasteiger partial charge in [-0.2, -0.15) is 0 Å². The van der Waals surface area contributed by atoms with Crippen LogP contribution in [-0.4, -0.2) is 40.2 Å². The van der Waals surface area contributed by atoms with E-state index in [9.17, 15) is 9.90 Å². The minimum atomic E-state index is -0.230. The van der Waals surface area contributed by atoms with E-state index in [0.29, 0.717) is 18.9 Å². The maximum Gasteiger partial charge on any atom is 0.263 e. The molecule has 1 saturated heterocycles. The molecule has 31 heavy (non-hydrogen) atoms. The topological polar surface area (TPSA) is 91.0 Å². The number of nitrogens with one attached hydrogen (secondary N) is 1. The smallest absolute Gasteiger partial charge is 0.263 e. The van der Waals surface area contributed by atoms with Crippen LogP contribution >= 0.6 is 0 Å². The molecule has 7 heteroatoms. The highest BCUT2D eigenvalue weighted by molar-refractivity contribution is 6.21. The Morgan fingerprint density at radius 2 is 1.90 bits per heavy atom. The highest BCUT2D eigenvalue weighted by Crippen LogP contribution is 2.39. The number of aliphatic imine (C=N–C) groups is 1. The second kappa shape index (κ2) is 8.10. The first-order valence-electron chi connectivity index (χ1n) is 10.4. The summed E-state index contributed by atoms with van der Waals surface area (Å²) < 4.78 is 5.97. The number of aromatic hydroxyl groups is 1. The predicted octanol–water partition coefficient (Wildman–Crippen LogP) is 5.01. The van der Waals surface area contributed by atoms with Crippen molar-refractivity contribution < 1.29 is 14.3 Å². The van der Waals surface area contributed by atoms with Gasteiger partial charge in [0.1, 0.15) is 5.56 Å². The number of allylic oxidation sites excluding steroid dienone is 1.